The van der Waals surface area contributed by atoms with Gasteiger partial charge in [-0.05, 0) is 30.3 Å². The van der Waals surface area contributed by atoms with Crippen LogP contribution in [-0.2, 0) is 0 Å². The zero-order valence-corrected chi connectivity index (χ0v) is 8.11. The Morgan fingerprint density at radius 2 is 1.71 bits per heavy atom. The lowest BCUT2D eigenvalue weighted by atomic mass is 10.1. The lowest BCUT2D eigenvalue weighted by Crippen LogP contribution is -2.27. The van der Waals surface area contributed by atoms with Gasteiger partial charge in [0.2, 0.25) is 5.69 Å². The van der Waals surface area contributed by atoms with E-state index in [0.29, 0.717) is 10.7 Å². The molecule has 1 aromatic carbocycles. The van der Waals surface area contributed by atoms with Crippen molar-refractivity contribution in [3.05, 3.63) is 58.9 Å². The SMILES string of the molecule is [O-][n+]1ccccc1-c1ccc(Cl)cc1. The average Bonchev–Trinajstić information content (AvgIpc) is 2.20. The fourth-order valence-electron chi connectivity index (χ4n) is 1.27. The molecule has 0 N–H and O–H groups in total. The first-order valence-corrected chi connectivity index (χ1v) is 4.59. The lowest BCUT2D eigenvalue weighted by molar-refractivity contribution is -0.593. The first-order valence-electron chi connectivity index (χ1n) is 4.21. The third-order valence-corrected chi connectivity index (χ3v) is 2.22. The molecular weight excluding hydrogens is 198 g/mol. The smallest absolute Gasteiger partial charge is 0.223 e. The molecule has 0 spiro atoms. The van der Waals surface area contributed by atoms with Crippen LogP contribution in [0, 0.1) is 5.21 Å². The van der Waals surface area contributed by atoms with E-state index in [2.05, 4.69) is 0 Å². The van der Waals surface area contributed by atoms with Crippen molar-refractivity contribution in [2.24, 2.45) is 0 Å². The third-order valence-electron chi connectivity index (χ3n) is 1.96. The number of rotatable bonds is 1. The number of hydrogen-bond acceptors (Lipinski definition) is 1. The van der Waals surface area contributed by atoms with E-state index in [4.69, 9.17) is 11.6 Å². The Kier molecular flexibility index (Phi) is 2.37. The molecule has 3 heteroatoms. The summed E-state index contributed by atoms with van der Waals surface area (Å²) in [6, 6.07) is 12.5. The van der Waals surface area contributed by atoms with E-state index < -0.39 is 0 Å². The molecule has 1 aromatic heterocycles. The zero-order valence-electron chi connectivity index (χ0n) is 7.35. The largest absolute Gasteiger partial charge is 0.618 e. The molecule has 0 aliphatic carbocycles. The monoisotopic (exact) mass is 205 g/mol. The minimum absolute atomic E-state index is 0.629. The number of aromatic nitrogens is 1. The highest BCUT2D eigenvalue weighted by Gasteiger charge is 2.05. The van der Waals surface area contributed by atoms with Crippen molar-refractivity contribution in [1.82, 2.24) is 0 Å². The van der Waals surface area contributed by atoms with Crippen LogP contribution in [0.4, 0.5) is 0 Å². The van der Waals surface area contributed by atoms with Crippen LogP contribution < -0.4 is 4.73 Å². The summed E-state index contributed by atoms with van der Waals surface area (Å²) >= 11 is 5.75. The Labute approximate surface area is 87.0 Å². The molecule has 0 unspecified atom stereocenters. The number of halogens is 1. The van der Waals surface area contributed by atoms with Gasteiger partial charge in [-0.25, -0.2) is 0 Å². The van der Waals surface area contributed by atoms with Crippen LogP contribution in [0.1, 0.15) is 0 Å². The Morgan fingerprint density at radius 1 is 1.00 bits per heavy atom. The van der Waals surface area contributed by atoms with Gasteiger partial charge < -0.3 is 5.21 Å². The van der Waals surface area contributed by atoms with Gasteiger partial charge >= 0.3 is 0 Å². The normalized spacial score (nSPS) is 10.1. The first kappa shape index (κ1) is 9.03. The first-order chi connectivity index (χ1) is 6.77. The van der Waals surface area contributed by atoms with Crippen molar-refractivity contribution in [1.29, 1.82) is 0 Å². The average molecular weight is 206 g/mol. The molecule has 0 aliphatic heterocycles. The van der Waals surface area contributed by atoms with Gasteiger partial charge in [-0.1, -0.05) is 11.6 Å². The zero-order chi connectivity index (χ0) is 9.97. The third kappa shape index (κ3) is 1.70. The Balaban J connectivity index is 2.50. The standard InChI is InChI=1S/C11H8ClNO/c12-10-6-4-9(5-7-10)11-3-1-2-8-13(11)14/h1-8H. The number of benzene rings is 1. The van der Waals surface area contributed by atoms with E-state index in [0.717, 1.165) is 10.3 Å². The predicted octanol–water partition coefficient (Wildman–Crippen LogP) is 2.64. The summed E-state index contributed by atoms with van der Waals surface area (Å²) in [5, 5.41) is 12.1. The van der Waals surface area contributed by atoms with Crippen LogP contribution in [-0.4, -0.2) is 0 Å². The molecule has 0 fully saturated rings. The molecule has 0 saturated heterocycles. The topological polar surface area (TPSA) is 26.9 Å². The van der Waals surface area contributed by atoms with Crippen LogP contribution in [0.25, 0.3) is 11.3 Å². The van der Waals surface area contributed by atoms with Gasteiger partial charge in [-0.3, -0.25) is 0 Å². The van der Waals surface area contributed by atoms with E-state index in [1.54, 1.807) is 24.3 Å². The van der Waals surface area contributed by atoms with Crippen molar-refractivity contribution in [2.45, 2.75) is 0 Å². The van der Waals surface area contributed by atoms with Crippen molar-refractivity contribution in [2.75, 3.05) is 0 Å². The van der Waals surface area contributed by atoms with Gasteiger partial charge in [0, 0.05) is 22.7 Å². The Morgan fingerprint density at radius 3 is 2.36 bits per heavy atom. The molecule has 0 bridgehead atoms. The van der Waals surface area contributed by atoms with E-state index in [1.807, 2.05) is 18.2 Å². The van der Waals surface area contributed by atoms with Gasteiger partial charge in [0.1, 0.15) is 0 Å². The summed E-state index contributed by atoms with van der Waals surface area (Å²) in [5.41, 5.74) is 1.49. The summed E-state index contributed by atoms with van der Waals surface area (Å²) in [4.78, 5) is 0. The van der Waals surface area contributed by atoms with Crippen LogP contribution in [0.2, 0.25) is 5.02 Å². The van der Waals surface area contributed by atoms with E-state index >= 15 is 0 Å². The molecule has 0 aliphatic rings. The number of pyridine rings is 1. The molecule has 2 aromatic rings. The summed E-state index contributed by atoms with van der Waals surface area (Å²) in [6.45, 7) is 0. The number of nitrogens with zero attached hydrogens (tertiary/aromatic N) is 1. The van der Waals surface area contributed by atoms with Crippen molar-refractivity contribution >= 4 is 11.6 Å². The molecule has 2 nitrogen and oxygen atoms in total. The second-order valence-corrected chi connectivity index (χ2v) is 3.36. The minimum atomic E-state index is 0.629. The Bertz CT molecular complexity index is 439. The summed E-state index contributed by atoms with van der Waals surface area (Å²) in [5.74, 6) is 0. The summed E-state index contributed by atoms with van der Waals surface area (Å²) < 4.78 is 0.837. The Hall–Kier alpha value is -1.54. The maximum Gasteiger partial charge on any atom is 0.223 e. The van der Waals surface area contributed by atoms with Crippen LogP contribution in [0.15, 0.2) is 48.7 Å². The van der Waals surface area contributed by atoms with Crippen molar-refractivity contribution < 1.29 is 4.73 Å². The molecular formula is C11H8ClNO. The van der Waals surface area contributed by atoms with Crippen LogP contribution >= 0.6 is 11.6 Å². The number of hydrogen-bond donors (Lipinski definition) is 0. The van der Waals surface area contributed by atoms with E-state index in [-0.39, 0.29) is 0 Å². The van der Waals surface area contributed by atoms with Crippen LogP contribution in [0.3, 0.4) is 0 Å². The fraction of sp³-hybridized carbons (Fsp3) is 0. The van der Waals surface area contributed by atoms with Gasteiger partial charge in [0.25, 0.3) is 0 Å². The van der Waals surface area contributed by atoms with E-state index in [1.165, 1.54) is 6.20 Å². The molecule has 0 atom stereocenters. The fourth-order valence-corrected chi connectivity index (χ4v) is 1.40. The summed E-state index contributed by atoms with van der Waals surface area (Å²) in [7, 11) is 0. The molecule has 0 amide bonds. The molecule has 0 radical (unpaired) electrons. The predicted molar refractivity (Wildman–Crippen MR) is 55.8 cm³/mol. The molecule has 1 heterocycles. The highest BCUT2D eigenvalue weighted by Crippen LogP contribution is 2.17. The second kappa shape index (κ2) is 3.68. The lowest BCUT2D eigenvalue weighted by Gasteiger charge is -2.03. The maximum absolute atomic E-state index is 11.4. The van der Waals surface area contributed by atoms with Crippen molar-refractivity contribution in [3.63, 3.8) is 0 Å². The maximum atomic E-state index is 11.4. The highest BCUT2D eigenvalue weighted by molar-refractivity contribution is 6.30. The molecule has 14 heavy (non-hydrogen) atoms. The summed E-state index contributed by atoms with van der Waals surface area (Å²) in [6.07, 6.45) is 1.48. The highest BCUT2D eigenvalue weighted by atomic mass is 35.5. The quantitative estimate of drug-likeness (QED) is 0.519. The molecule has 2 rings (SSSR count). The molecule has 0 saturated carbocycles. The van der Waals surface area contributed by atoms with E-state index in [9.17, 15) is 5.21 Å². The van der Waals surface area contributed by atoms with Gasteiger partial charge in [0.15, 0.2) is 6.20 Å². The van der Waals surface area contributed by atoms with Gasteiger partial charge in [0.05, 0.1) is 0 Å². The second-order valence-electron chi connectivity index (χ2n) is 2.92. The van der Waals surface area contributed by atoms with Gasteiger partial charge in [-0.2, -0.15) is 4.73 Å². The molecule has 70 valence electrons. The van der Waals surface area contributed by atoms with Crippen LogP contribution in [0.5, 0.6) is 0 Å². The van der Waals surface area contributed by atoms with Gasteiger partial charge in [-0.15, -0.1) is 0 Å². The minimum Gasteiger partial charge on any atom is -0.618 e. The van der Waals surface area contributed by atoms with Crippen molar-refractivity contribution in [3.8, 4) is 11.3 Å².